The Hall–Kier alpha value is -0.150. The lowest BCUT2D eigenvalue weighted by Gasteiger charge is -2.30. The molecular formula is C8H17FN2. The highest BCUT2D eigenvalue weighted by Gasteiger charge is 2.18. The standard InChI is InChI=1S/C8H17FN2/c9-6-8-2-1-4-11(7-8)5-3-10/h8H,1-7,10H2/t8-/m0/s1. The molecule has 0 aliphatic carbocycles. The minimum absolute atomic E-state index is 0.166. The van der Waals surface area contributed by atoms with Crippen molar-refractivity contribution in [3.63, 3.8) is 0 Å². The molecule has 1 aliphatic heterocycles. The molecule has 0 unspecified atom stereocenters. The predicted octanol–water partition coefficient (Wildman–Crippen LogP) is 0.627. The van der Waals surface area contributed by atoms with Gasteiger partial charge in [-0.2, -0.15) is 0 Å². The highest BCUT2D eigenvalue weighted by molar-refractivity contribution is 4.72. The number of hydrogen-bond acceptors (Lipinski definition) is 2. The lowest BCUT2D eigenvalue weighted by molar-refractivity contribution is 0.157. The van der Waals surface area contributed by atoms with Gasteiger partial charge in [0.25, 0.3) is 0 Å². The van der Waals surface area contributed by atoms with Crippen molar-refractivity contribution in [1.82, 2.24) is 4.90 Å². The highest BCUT2D eigenvalue weighted by Crippen LogP contribution is 2.15. The summed E-state index contributed by atoms with van der Waals surface area (Å²) in [7, 11) is 0. The van der Waals surface area contributed by atoms with Gasteiger partial charge in [0.05, 0.1) is 6.67 Å². The molecule has 2 N–H and O–H groups in total. The van der Waals surface area contributed by atoms with Crippen molar-refractivity contribution >= 4 is 0 Å². The Bertz CT molecular complexity index is 106. The van der Waals surface area contributed by atoms with Crippen molar-refractivity contribution < 1.29 is 4.39 Å². The first-order chi connectivity index (χ1) is 5.36. The average molecular weight is 160 g/mol. The number of rotatable bonds is 3. The fraction of sp³-hybridized carbons (Fsp3) is 1.00. The Morgan fingerprint density at radius 3 is 3.00 bits per heavy atom. The molecule has 0 radical (unpaired) electrons. The van der Waals surface area contributed by atoms with E-state index in [0.29, 0.717) is 6.54 Å². The third-order valence-corrected chi connectivity index (χ3v) is 2.27. The predicted molar refractivity (Wildman–Crippen MR) is 44.2 cm³/mol. The van der Waals surface area contributed by atoms with Gasteiger partial charge in [0, 0.05) is 25.6 Å². The zero-order chi connectivity index (χ0) is 8.10. The number of likely N-dealkylation sites (tertiary alicyclic amines) is 1. The van der Waals surface area contributed by atoms with Crippen molar-refractivity contribution in [2.45, 2.75) is 12.8 Å². The summed E-state index contributed by atoms with van der Waals surface area (Å²) < 4.78 is 12.2. The van der Waals surface area contributed by atoms with E-state index >= 15 is 0 Å². The van der Waals surface area contributed by atoms with Crippen molar-refractivity contribution in [2.24, 2.45) is 11.7 Å². The number of hydrogen-bond donors (Lipinski definition) is 1. The van der Waals surface area contributed by atoms with Crippen LogP contribution in [0.4, 0.5) is 4.39 Å². The molecule has 0 aromatic carbocycles. The van der Waals surface area contributed by atoms with Crippen molar-refractivity contribution in [3.05, 3.63) is 0 Å². The van der Waals surface area contributed by atoms with E-state index in [-0.39, 0.29) is 12.6 Å². The van der Waals surface area contributed by atoms with Gasteiger partial charge in [-0.1, -0.05) is 0 Å². The van der Waals surface area contributed by atoms with E-state index in [9.17, 15) is 4.39 Å². The second kappa shape index (κ2) is 4.67. The van der Waals surface area contributed by atoms with Gasteiger partial charge in [-0.05, 0) is 19.4 Å². The lowest BCUT2D eigenvalue weighted by Crippen LogP contribution is -2.39. The topological polar surface area (TPSA) is 29.3 Å². The number of nitrogens with two attached hydrogens (primary N) is 1. The highest BCUT2D eigenvalue weighted by atomic mass is 19.1. The first-order valence-corrected chi connectivity index (χ1v) is 4.35. The number of alkyl halides is 1. The number of nitrogens with zero attached hydrogens (tertiary/aromatic N) is 1. The van der Waals surface area contributed by atoms with Crippen LogP contribution in [0.5, 0.6) is 0 Å². The van der Waals surface area contributed by atoms with Crippen LogP contribution in [0, 0.1) is 5.92 Å². The molecule has 2 nitrogen and oxygen atoms in total. The van der Waals surface area contributed by atoms with E-state index in [1.54, 1.807) is 0 Å². The summed E-state index contributed by atoms with van der Waals surface area (Å²) in [5, 5.41) is 0. The zero-order valence-corrected chi connectivity index (χ0v) is 6.93. The van der Waals surface area contributed by atoms with Crippen LogP contribution in [-0.4, -0.2) is 37.8 Å². The summed E-state index contributed by atoms with van der Waals surface area (Å²) in [6.45, 7) is 3.47. The average Bonchev–Trinajstić information content (AvgIpc) is 2.06. The molecule has 0 aromatic rings. The third-order valence-electron chi connectivity index (χ3n) is 2.27. The molecule has 66 valence electrons. The van der Waals surface area contributed by atoms with Gasteiger partial charge >= 0.3 is 0 Å². The van der Waals surface area contributed by atoms with Gasteiger partial charge < -0.3 is 10.6 Å². The second-order valence-corrected chi connectivity index (χ2v) is 3.25. The van der Waals surface area contributed by atoms with Crippen LogP contribution >= 0.6 is 0 Å². The number of halogens is 1. The van der Waals surface area contributed by atoms with E-state index in [1.807, 2.05) is 0 Å². The van der Waals surface area contributed by atoms with Gasteiger partial charge in [0.15, 0.2) is 0 Å². The van der Waals surface area contributed by atoms with Gasteiger partial charge in [0.1, 0.15) is 0 Å². The lowest BCUT2D eigenvalue weighted by atomic mass is 10.00. The van der Waals surface area contributed by atoms with Crippen LogP contribution in [0.2, 0.25) is 0 Å². The van der Waals surface area contributed by atoms with Gasteiger partial charge in [-0.15, -0.1) is 0 Å². The van der Waals surface area contributed by atoms with Gasteiger partial charge in [0.2, 0.25) is 0 Å². The van der Waals surface area contributed by atoms with E-state index in [2.05, 4.69) is 4.90 Å². The maximum atomic E-state index is 12.2. The molecule has 1 fully saturated rings. The van der Waals surface area contributed by atoms with Crippen molar-refractivity contribution in [1.29, 1.82) is 0 Å². The third kappa shape index (κ3) is 2.75. The minimum Gasteiger partial charge on any atom is -0.329 e. The molecule has 0 aromatic heterocycles. The first-order valence-electron chi connectivity index (χ1n) is 4.35. The Balaban J connectivity index is 2.21. The van der Waals surface area contributed by atoms with Crippen LogP contribution in [0.25, 0.3) is 0 Å². The molecule has 11 heavy (non-hydrogen) atoms. The van der Waals surface area contributed by atoms with E-state index in [1.165, 1.54) is 0 Å². The largest absolute Gasteiger partial charge is 0.329 e. The minimum atomic E-state index is -0.166. The normalized spacial score (nSPS) is 27.3. The van der Waals surface area contributed by atoms with Gasteiger partial charge in [-0.3, -0.25) is 4.39 Å². The molecule has 1 atom stereocenters. The Morgan fingerprint density at radius 2 is 2.36 bits per heavy atom. The molecule has 1 rings (SSSR count). The smallest absolute Gasteiger partial charge is 0.0934 e. The summed E-state index contributed by atoms with van der Waals surface area (Å²) in [6.07, 6.45) is 2.19. The molecule has 0 saturated carbocycles. The molecule has 0 bridgehead atoms. The van der Waals surface area contributed by atoms with Crippen LogP contribution < -0.4 is 5.73 Å². The second-order valence-electron chi connectivity index (χ2n) is 3.25. The fourth-order valence-electron chi connectivity index (χ4n) is 1.66. The molecule has 0 spiro atoms. The first kappa shape index (κ1) is 8.94. The molecule has 3 heteroatoms. The molecule has 1 aliphatic rings. The SMILES string of the molecule is NCCN1CCC[C@@H](CF)C1. The maximum Gasteiger partial charge on any atom is 0.0934 e. The summed E-state index contributed by atoms with van der Waals surface area (Å²) in [5.41, 5.74) is 5.41. The van der Waals surface area contributed by atoms with Gasteiger partial charge in [-0.25, -0.2) is 0 Å². The van der Waals surface area contributed by atoms with E-state index in [4.69, 9.17) is 5.73 Å². The Kier molecular flexibility index (Phi) is 3.80. The zero-order valence-electron chi connectivity index (χ0n) is 6.93. The van der Waals surface area contributed by atoms with Crippen LogP contribution in [0.1, 0.15) is 12.8 Å². The molecule has 1 heterocycles. The quantitative estimate of drug-likeness (QED) is 0.656. The Morgan fingerprint density at radius 1 is 1.55 bits per heavy atom. The summed E-state index contributed by atoms with van der Waals surface area (Å²) in [4.78, 5) is 2.26. The van der Waals surface area contributed by atoms with Crippen LogP contribution in [-0.2, 0) is 0 Å². The summed E-state index contributed by atoms with van der Waals surface area (Å²) >= 11 is 0. The molecule has 1 saturated heterocycles. The van der Waals surface area contributed by atoms with Crippen LogP contribution in [0.15, 0.2) is 0 Å². The van der Waals surface area contributed by atoms with E-state index < -0.39 is 0 Å². The Labute approximate surface area is 67.6 Å². The summed E-state index contributed by atoms with van der Waals surface area (Å²) in [5.74, 6) is 0.273. The summed E-state index contributed by atoms with van der Waals surface area (Å²) in [6, 6.07) is 0. The van der Waals surface area contributed by atoms with Crippen LogP contribution in [0.3, 0.4) is 0 Å². The monoisotopic (exact) mass is 160 g/mol. The molecular weight excluding hydrogens is 143 g/mol. The van der Waals surface area contributed by atoms with E-state index in [0.717, 1.165) is 32.5 Å². The fourth-order valence-corrected chi connectivity index (χ4v) is 1.66. The molecule has 0 amide bonds. The maximum absolute atomic E-state index is 12.2. The number of piperidine rings is 1. The van der Waals surface area contributed by atoms with Crippen molar-refractivity contribution in [3.8, 4) is 0 Å². The van der Waals surface area contributed by atoms with Crippen molar-refractivity contribution in [2.75, 3.05) is 32.9 Å².